The van der Waals surface area contributed by atoms with E-state index in [9.17, 15) is 18.5 Å². The quantitative estimate of drug-likeness (QED) is 0.452. The lowest BCUT2D eigenvalue weighted by molar-refractivity contribution is -0.520. The molecule has 0 saturated heterocycles. The molecular weight excluding hydrogens is 246 g/mol. The molecule has 0 N–H and O–H groups in total. The molecule has 6 nitrogen and oxygen atoms in total. The van der Waals surface area contributed by atoms with Crippen molar-refractivity contribution in [2.75, 3.05) is 6.61 Å². The van der Waals surface area contributed by atoms with Crippen molar-refractivity contribution in [3.8, 4) is 0 Å². The number of nitrogens with zero attached hydrogens (tertiary/aromatic N) is 1. The van der Waals surface area contributed by atoms with Gasteiger partial charge in [-0.2, -0.15) is 8.42 Å². The Kier molecular flexibility index (Phi) is 4.19. The Bertz CT molecular complexity index is 494. The summed E-state index contributed by atoms with van der Waals surface area (Å²) in [7, 11) is -3.91. The maximum absolute atomic E-state index is 11.6. The molecule has 0 aromatic heterocycles. The van der Waals surface area contributed by atoms with Crippen LogP contribution in [0, 0.1) is 17.0 Å². The summed E-state index contributed by atoms with van der Waals surface area (Å²) in [6.07, 6.45) is 0. The smallest absolute Gasteiger partial charge is 0.264 e. The van der Waals surface area contributed by atoms with Crippen LogP contribution in [-0.2, 0) is 14.3 Å². The van der Waals surface area contributed by atoms with Crippen molar-refractivity contribution in [1.29, 1.82) is 0 Å². The summed E-state index contributed by atoms with van der Waals surface area (Å²) in [6.45, 7) is 2.64. The molecule has 1 aromatic carbocycles. The highest BCUT2D eigenvalue weighted by molar-refractivity contribution is 7.86. The van der Waals surface area contributed by atoms with E-state index in [1.54, 1.807) is 12.1 Å². The fraction of sp³-hybridized carbons (Fsp3) is 0.400. The zero-order valence-electron chi connectivity index (χ0n) is 9.49. The maximum Gasteiger partial charge on any atom is 0.297 e. The first kappa shape index (κ1) is 13.6. The Morgan fingerprint density at radius 1 is 1.35 bits per heavy atom. The van der Waals surface area contributed by atoms with Crippen LogP contribution in [0.25, 0.3) is 0 Å². The Labute approximate surface area is 99.5 Å². The molecular formula is C10H13NO5S. The zero-order chi connectivity index (χ0) is 13.1. The van der Waals surface area contributed by atoms with Gasteiger partial charge in [0.25, 0.3) is 10.1 Å². The molecule has 0 aliphatic rings. The predicted octanol–water partition coefficient (Wildman–Crippen LogP) is 1.37. The van der Waals surface area contributed by atoms with Gasteiger partial charge in [0.15, 0.2) is 0 Å². The first-order chi connectivity index (χ1) is 7.83. The zero-order valence-corrected chi connectivity index (χ0v) is 10.3. The van der Waals surface area contributed by atoms with Crippen LogP contribution in [0.3, 0.4) is 0 Å². The SMILES string of the molecule is Cc1ccc(S(=O)(=O)OC[C@H](C)[N+](=O)[O-])cc1. The minimum absolute atomic E-state index is 0.00125. The van der Waals surface area contributed by atoms with Gasteiger partial charge in [0, 0.05) is 11.8 Å². The number of benzene rings is 1. The predicted molar refractivity (Wildman–Crippen MR) is 60.8 cm³/mol. The number of hydrogen-bond donors (Lipinski definition) is 0. The van der Waals surface area contributed by atoms with Crippen molar-refractivity contribution in [2.24, 2.45) is 0 Å². The standard InChI is InChI=1S/C10H13NO5S/c1-8-3-5-10(6-4-8)17(14,15)16-7-9(2)11(12)13/h3-6,9H,7H2,1-2H3/t9-/m0/s1. The molecule has 1 atom stereocenters. The van der Waals surface area contributed by atoms with E-state index in [1.807, 2.05) is 6.92 Å². The fourth-order valence-electron chi connectivity index (χ4n) is 1.02. The molecule has 0 saturated carbocycles. The third kappa shape index (κ3) is 3.79. The van der Waals surface area contributed by atoms with Crippen LogP contribution >= 0.6 is 0 Å². The average Bonchev–Trinajstić information content (AvgIpc) is 2.26. The summed E-state index contributed by atoms with van der Waals surface area (Å²) >= 11 is 0. The Morgan fingerprint density at radius 3 is 2.35 bits per heavy atom. The summed E-state index contributed by atoms with van der Waals surface area (Å²) in [5.41, 5.74) is 0.919. The highest BCUT2D eigenvalue weighted by Gasteiger charge is 2.20. The van der Waals surface area contributed by atoms with Gasteiger partial charge in [-0.1, -0.05) is 17.7 Å². The fourth-order valence-corrected chi connectivity index (χ4v) is 2.00. The lowest BCUT2D eigenvalue weighted by Crippen LogP contribution is -2.23. The number of nitro groups is 1. The monoisotopic (exact) mass is 259 g/mol. The van der Waals surface area contributed by atoms with Gasteiger partial charge in [-0.25, -0.2) is 0 Å². The third-order valence-electron chi connectivity index (χ3n) is 2.13. The normalized spacial score (nSPS) is 13.3. The van der Waals surface area contributed by atoms with Crippen molar-refractivity contribution in [1.82, 2.24) is 0 Å². The summed E-state index contributed by atoms with van der Waals surface area (Å²) in [5, 5.41) is 10.3. The van der Waals surface area contributed by atoms with E-state index >= 15 is 0 Å². The number of rotatable bonds is 5. The molecule has 1 rings (SSSR count). The molecule has 7 heteroatoms. The second-order valence-electron chi connectivity index (χ2n) is 3.69. The Morgan fingerprint density at radius 2 is 1.88 bits per heavy atom. The topological polar surface area (TPSA) is 86.5 Å². The van der Waals surface area contributed by atoms with Crippen molar-refractivity contribution in [2.45, 2.75) is 24.8 Å². The van der Waals surface area contributed by atoms with Gasteiger partial charge in [0.1, 0.15) is 6.61 Å². The summed E-state index contributed by atoms with van der Waals surface area (Å²) in [6, 6.07) is 5.01. The van der Waals surface area contributed by atoms with Crippen LogP contribution in [-0.4, -0.2) is 26.0 Å². The lowest BCUT2D eigenvalue weighted by Gasteiger charge is -2.06. The van der Waals surface area contributed by atoms with E-state index in [0.717, 1.165) is 5.56 Å². The molecule has 0 fully saturated rings. The van der Waals surface area contributed by atoms with E-state index in [-0.39, 0.29) is 4.90 Å². The van der Waals surface area contributed by atoms with Crippen molar-refractivity contribution in [3.63, 3.8) is 0 Å². The summed E-state index contributed by atoms with van der Waals surface area (Å²) < 4.78 is 27.9. The minimum Gasteiger partial charge on any atom is -0.264 e. The van der Waals surface area contributed by atoms with Crippen LogP contribution in [0.2, 0.25) is 0 Å². The van der Waals surface area contributed by atoms with Crippen LogP contribution in [0.4, 0.5) is 0 Å². The third-order valence-corrected chi connectivity index (χ3v) is 3.43. The van der Waals surface area contributed by atoms with Gasteiger partial charge < -0.3 is 0 Å². The molecule has 0 spiro atoms. The van der Waals surface area contributed by atoms with E-state index in [4.69, 9.17) is 0 Å². The molecule has 0 aliphatic heterocycles. The van der Waals surface area contributed by atoms with Gasteiger partial charge >= 0.3 is 0 Å². The van der Waals surface area contributed by atoms with Crippen LogP contribution in [0.1, 0.15) is 12.5 Å². The van der Waals surface area contributed by atoms with E-state index in [0.29, 0.717) is 0 Å². The van der Waals surface area contributed by atoms with Crippen molar-refractivity contribution < 1.29 is 17.5 Å². The van der Waals surface area contributed by atoms with Gasteiger partial charge in [-0.05, 0) is 19.1 Å². The van der Waals surface area contributed by atoms with Crippen LogP contribution < -0.4 is 0 Å². The van der Waals surface area contributed by atoms with Crippen LogP contribution in [0.5, 0.6) is 0 Å². The highest BCUT2D eigenvalue weighted by Crippen LogP contribution is 2.13. The molecule has 0 unspecified atom stereocenters. The maximum atomic E-state index is 11.6. The Hall–Kier alpha value is -1.47. The largest absolute Gasteiger partial charge is 0.297 e. The summed E-state index contributed by atoms with van der Waals surface area (Å²) in [5.74, 6) is 0. The van der Waals surface area contributed by atoms with E-state index < -0.39 is 27.7 Å². The van der Waals surface area contributed by atoms with Crippen LogP contribution in [0.15, 0.2) is 29.2 Å². The minimum atomic E-state index is -3.91. The molecule has 0 radical (unpaired) electrons. The molecule has 0 aliphatic carbocycles. The highest BCUT2D eigenvalue weighted by atomic mass is 32.2. The van der Waals surface area contributed by atoms with Crippen molar-refractivity contribution in [3.05, 3.63) is 39.9 Å². The molecule has 94 valence electrons. The number of aryl methyl sites for hydroxylation is 1. The molecule has 17 heavy (non-hydrogen) atoms. The summed E-state index contributed by atoms with van der Waals surface area (Å²) in [4.78, 5) is 9.73. The van der Waals surface area contributed by atoms with E-state index in [2.05, 4.69) is 4.18 Å². The molecule has 0 bridgehead atoms. The Balaban J connectivity index is 2.76. The second kappa shape index (κ2) is 5.24. The molecule has 0 heterocycles. The lowest BCUT2D eigenvalue weighted by atomic mass is 10.2. The first-order valence-electron chi connectivity index (χ1n) is 4.92. The van der Waals surface area contributed by atoms with Gasteiger partial charge in [0.2, 0.25) is 6.04 Å². The van der Waals surface area contributed by atoms with Crippen molar-refractivity contribution >= 4 is 10.1 Å². The van der Waals surface area contributed by atoms with Gasteiger partial charge in [-0.3, -0.25) is 14.3 Å². The number of hydrogen-bond acceptors (Lipinski definition) is 5. The van der Waals surface area contributed by atoms with Gasteiger partial charge in [-0.15, -0.1) is 0 Å². The first-order valence-corrected chi connectivity index (χ1v) is 6.33. The van der Waals surface area contributed by atoms with E-state index in [1.165, 1.54) is 19.1 Å². The van der Waals surface area contributed by atoms with Gasteiger partial charge in [0.05, 0.1) is 4.90 Å². The molecule has 0 amide bonds. The average molecular weight is 259 g/mol. The second-order valence-corrected chi connectivity index (χ2v) is 5.30. The molecule has 1 aromatic rings.